The Hall–Kier alpha value is -3.68. The van der Waals surface area contributed by atoms with Gasteiger partial charge < -0.3 is 14.8 Å². The van der Waals surface area contributed by atoms with Crippen LogP contribution in [-0.2, 0) is 11.2 Å². The molecule has 4 rings (SSSR count). The number of anilines is 1. The second-order valence-electron chi connectivity index (χ2n) is 6.69. The second-order valence-corrected chi connectivity index (χ2v) is 6.69. The number of nitrogens with one attached hydrogen (secondary N) is 1. The van der Waals surface area contributed by atoms with Gasteiger partial charge in [-0.2, -0.15) is 0 Å². The lowest BCUT2D eigenvalue weighted by Gasteiger charge is -2.10. The molecule has 1 amide bonds. The van der Waals surface area contributed by atoms with Gasteiger partial charge in [0.05, 0.1) is 12.3 Å². The van der Waals surface area contributed by atoms with Gasteiger partial charge in [-0.05, 0) is 60.7 Å². The quantitative estimate of drug-likeness (QED) is 0.650. The Morgan fingerprint density at radius 3 is 3.07 bits per heavy atom. The molecule has 1 aliphatic heterocycles. The van der Waals surface area contributed by atoms with Gasteiger partial charge in [-0.1, -0.05) is 6.07 Å². The van der Waals surface area contributed by atoms with E-state index in [0.717, 1.165) is 34.7 Å². The maximum Gasteiger partial charge on any atom is 0.248 e. The van der Waals surface area contributed by atoms with Gasteiger partial charge >= 0.3 is 0 Å². The molecule has 0 radical (unpaired) electrons. The number of benzene rings is 2. The summed E-state index contributed by atoms with van der Waals surface area (Å²) in [5, 5.41) is 13.9. The highest BCUT2D eigenvalue weighted by Crippen LogP contribution is 2.35. The fraction of sp³-hybridized carbons (Fsp3) is 0.238. The highest BCUT2D eigenvalue weighted by molar-refractivity contribution is 6.02. The number of ether oxygens (including phenoxy) is 2. The van der Waals surface area contributed by atoms with E-state index in [1.54, 1.807) is 18.2 Å². The van der Waals surface area contributed by atoms with Crippen LogP contribution in [0.3, 0.4) is 0 Å². The predicted octanol–water partition coefficient (Wildman–Crippen LogP) is 3.04. The molecule has 0 aliphatic carbocycles. The van der Waals surface area contributed by atoms with E-state index >= 15 is 0 Å². The first-order valence-corrected chi connectivity index (χ1v) is 9.41. The number of hydrogen-bond acceptors (Lipinski definition) is 6. The number of aromatic nitrogens is 4. The van der Waals surface area contributed by atoms with Crippen LogP contribution in [0.5, 0.6) is 11.5 Å². The molecular weight excluding hydrogens is 370 g/mol. The van der Waals surface area contributed by atoms with E-state index in [2.05, 4.69) is 20.8 Å². The Labute approximate surface area is 168 Å². The summed E-state index contributed by atoms with van der Waals surface area (Å²) in [6, 6.07) is 11.2. The number of fused-ring (bicyclic) bond motifs is 1. The number of tetrazole rings is 1. The van der Waals surface area contributed by atoms with E-state index in [4.69, 9.17) is 9.47 Å². The lowest BCUT2D eigenvalue weighted by atomic mass is 10.1. The number of carbonyl (C=O) groups excluding carboxylic acids is 1. The largest absolute Gasteiger partial charge is 0.493 e. The minimum atomic E-state index is -0.254. The SMILES string of the molecule is CCOc1cc2c(cc1/C=C/C(=O)Nc1cccc(-n3cnnn3)c1)OC(C)C2. The summed E-state index contributed by atoms with van der Waals surface area (Å²) < 4.78 is 13.1. The molecule has 1 unspecified atom stereocenters. The number of rotatable bonds is 6. The Morgan fingerprint density at radius 2 is 2.28 bits per heavy atom. The number of hydrogen-bond donors (Lipinski definition) is 1. The van der Waals surface area contributed by atoms with Crippen molar-refractivity contribution in [3.8, 4) is 17.2 Å². The molecule has 1 N–H and O–H groups in total. The minimum Gasteiger partial charge on any atom is -0.493 e. The number of carbonyl (C=O) groups is 1. The maximum atomic E-state index is 12.4. The molecule has 0 saturated carbocycles. The highest BCUT2D eigenvalue weighted by atomic mass is 16.5. The van der Waals surface area contributed by atoms with Crippen molar-refractivity contribution in [1.82, 2.24) is 20.2 Å². The molecule has 3 aromatic rings. The standard InChI is InChI=1S/C21H21N5O3/c1-3-28-19-11-16-9-14(2)29-20(16)10-15(19)7-8-21(27)23-17-5-4-6-18(12-17)26-13-22-24-25-26/h4-8,10-14H,3,9H2,1-2H3,(H,23,27)/b8-7+. The van der Waals surface area contributed by atoms with Gasteiger partial charge in [-0.25, -0.2) is 4.68 Å². The van der Waals surface area contributed by atoms with Crippen molar-refractivity contribution < 1.29 is 14.3 Å². The Balaban J connectivity index is 1.50. The zero-order valence-corrected chi connectivity index (χ0v) is 16.2. The van der Waals surface area contributed by atoms with Crippen LogP contribution in [0.1, 0.15) is 25.0 Å². The van der Waals surface area contributed by atoms with E-state index < -0.39 is 0 Å². The third kappa shape index (κ3) is 4.26. The van der Waals surface area contributed by atoms with E-state index in [9.17, 15) is 4.79 Å². The minimum absolute atomic E-state index is 0.148. The summed E-state index contributed by atoms with van der Waals surface area (Å²) in [6.07, 6.45) is 5.71. The van der Waals surface area contributed by atoms with Crippen LogP contribution in [0.4, 0.5) is 5.69 Å². The van der Waals surface area contributed by atoms with Crippen LogP contribution in [0.2, 0.25) is 0 Å². The smallest absolute Gasteiger partial charge is 0.248 e. The predicted molar refractivity (Wildman–Crippen MR) is 108 cm³/mol. The van der Waals surface area contributed by atoms with Crippen molar-refractivity contribution in [2.24, 2.45) is 0 Å². The Kier molecular flexibility index (Phi) is 5.24. The molecule has 8 nitrogen and oxygen atoms in total. The number of nitrogens with zero attached hydrogens (tertiary/aromatic N) is 4. The van der Waals surface area contributed by atoms with Gasteiger partial charge in [0.1, 0.15) is 23.9 Å². The average Bonchev–Trinajstić information content (AvgIpc) is 3.35. The van der Waals surface area contributed by atoms with Crippen LogP contribution in [-0.4, -0.2) is 38.8 Å². The normalized spacial score (nSPS) is 15.2. The van der Waals surface area contributed by atoms with Crippen molar-refractivity contribution >= 4 is 17.7 Å². The van der Waals surface area contributed by atoms with Crippen LogP contribution < -0.4 is 14.8 Å². The van der Waals surface area contributed by atoms with Gasteiger partial charge in [0.15, 0.2) is 0 Å². The molecule has 0 spiro atoms. The number of amides is 1. The summed E-state index contributed by atoms with van der Waals surface area (Å²) in [6.45, 7) is 4.52. The van der Waals surface area contributed by atoms with Crippen LogP contribution in [0, 0.1) is 0 Å². The molecule has 29 heavy (non-hydrogen) atoms. The van der Waals surface area contributed by atoms with Crippen LogP contribution in [0.15, 0.2) is 48.8 Å². The Morgan fingerprint density at radius 1 is 1.38 bits per heavy atom. The molecule has 0 bridgehead atoms. The fourth-order valence-electron chi connectivity index (χ4n) is 3.22. The monoisotopic (exact) mass is 391 g/mol. The molecule has 1 aromatic heterocycles. The van der Waals surface area contributed by atoms with Crippen molar-refractivity contribution in [3.05, 3.63) is 59.9 Å². The van der Waals surface area contributed by atoms with Crippen molar-refractivity contribution in [2.75, 3.05) is 11.9 Å². The molecule has 1 aliphatic rings. The zero-order chi connectivity index (χ0) is 20.2. The van der Waals surface area contributed by atoms with Crippen molar-refractivity contribution in [3.63, 3.8) is 0 Å². The first-order valence-electron chi connectivity index (χ1n) is 9.41. The molecule has 1 atom stereocenters. The summed E-state index contributed by atoms with van der Waals surface area (Å²) in [4.78, 5) is 12.4. The average molecular weight is 391 g/mol. The van der Waals surface area contributed by atoms with Crippen molar-refractivity contribution in [1.29, 1.82) is 0 Å². The zero-order valence-electron chi connectivity index (χ0n) is 16.2. The fourth-order valence-corrected chi connectivity index (χ4v) is 3.22. The summed E-state index contributed by atoms with van der Waals surface area (Å²) in [5.41, 5.74) is 3.32. The van der Waals surface area contributed by atoms with Gasteiger partial charge in [-0.3, -0.25) is 4.79 Å². The topological polar surface area (TPSA) is 91.2 Å². The third-order valence-electron chi connectivity index (χ3n) is 4.47. The molecule has 2 heterocycles. The highest BCUT2D eigenvalue weighted by Gasteiger charge is 2.21. The van der Waals surface area contributed by atoms with Crippen molar-refractivity contribution in [2.45, 2.75) is 26.4 Å². The lowest BCUT2D eigenvalue weighted by Crippen LogP contribution is -2.08. The van der Waals surface area contributed by atoms with E-state index in [0.29, 0.717) is 12.3 Å². The molecule has 0 saturated heterocycles. The summed E-state index contributed by atoms with van der Waals surface area (Å²) in [5.74, 6) is 1.33. The maximum absolute atomic E-state index is 12.4. The molecule has 0 fully saturated rings. The van der Waals surface area contributed by atoms with E-state index in [-0.39, 0.29) is 12.0 Å². The molecular formula is C21H21N5O3. The van der Waals surface area contributed by atoms with Crippen LogP contribution in [0.25, 0.3) is 11.8 Å². The Bertz CT molecular complexity index is 1050. The summed E-state index contributed by atoms with van der Waals surface area (Å²) >= 11 is 0. The van der Waals surface area contributed by atoms with Crippen LogP contribution >= 0.6 is 0 Å². The molecule has 148 valence electrons. The van der Waals surface area contributed by atoms with Gasteiger partial charge in [0.25, 0.3) is 0 Å². The molecule has 8 heteroatoms. The van der Waals surface area contributed by atoms with Gasteiger partial charge in [0.2, 0.25) is 5.91 Å². The van der Waals surface area contributed by atoms with E-state index in [1.165, 1.54) is 17.1 Å². The first-order chi connectivity index (χ1) is 14.1. The molecule has 2 aromatic carbocycles. The van der Waals surface area contributed by atoms with E-state index in [1.807, 2.05) is 38.1 Å². The van der Waals surface area contributed by atoms with Gasteiger partial charge in [-0.15, -0.1) is 5.10 Å². The lowest BCUT2D eigenvalue weighted by molar-refractivity contribution is -0.111. The van der Waals surface area contributed by atoms with Gasteiger partial charge in [0, 0.05) is 29.3 Å². The third-order valence-corrected chi connectivity index (χ3v) is 4.47. The second kappa shape index (κ2) is 8.14. The summed E-state index contributed by atoms with van der Waals surface area (Å²) in [7, 11) is 0. The first kappa shape index (κ1) is 18.7.